The van der Waals surface area contributed by atoms with Gasteiger partial charge >= 0.3 is 0 Å². The maximum Gasteiger partial charge on any atom is 0.300 e. The molecule has 2 aromatic carbocycles. The molecular weight excluding hydrogens is 444 g/mol. The van der Waals surface area contributed by atoms with Gasteiger partial charge in [-0.2, -0.15) is 0 Å². The summed E-state index contributed by atoms with van der Waals surface area (Å²) in [4.78, 5) is 32.1. The number of Topliss-reactive ketones (excluding diaryl/α,β-unsaturated/α-hetero) is 1. The van der Waals surface area contributed by atoms with Gasteiger partial charge < -0.3 is 14.6 Å². The molecule has 1 aliphatic rings. The maximum atomic E-state index is 13.3. The van der Waals surface area contributed by atoms with Gasteiger partial charge in [0.2, 0.25) is 0 Å². The van der Waals surface area contributed by atoms with Gasteiger partial charge in [0.15, 0.2) is 0 Å². The van der Waals surface area contributed by atoms with E-state index >= 15 is 0 Å². The van der Waals surface area contributed by atoms with Crippen LogP contribution in [0.15, 0.2) is 66.5 Å². The quantitative estimate of drug-likeness (QED) is 0.335. The second kappa shape index (κ2) is 8.96. The van der Waals surface area contributed by atoms with Crippen molar-refractivity contribution in [1.29, 1.82) is 0 Å². The van der Waals surface area contributed by atoms with Gasteiger partial charge in [0.1, 0.15) is 22.8 Å². The minimum absolute atomic E-state index is 0.102. The number of hydrogen-bond acceptors (Lipinski definition) is 6. The number of pyridine rings is 1. The molecule has 7 nitrogen and oxygen atoms in total. The molecule has 168 valence electrons. The molecule has 1 fully saturated rings. The number of aryl methyl sites for hydroxylation is 1. The molecule has 1 aliphatic heterocycles. The summed E-state index contributed by atoms with van der Waals surface area (Å²) in [5, 5.41) is 11.8. The fourth-order valence-corrected chi connectivity index (χ4v) is 4.16. The predicted octanol–water partition coefficient (Wildman–Crippen LogP) is 4.69. The molecule has 0 saturated carbocycles. The average molecular weight is 465 g/mol. The van der Waals surface area contributed by atoms with Gasteiger partial charge in [-0.3, -0.25) is 19.5 Å². The standard InChI is InChI=1S/C25H21ClN2O5/c1-14-9-10-16(26)12-17(14)28-22(15-6-5-11-27-13-15)21(24(30)25(28)31)23(29)20-18(32-2)7-4-8-19(20)33-3/h4-13,22,29H,1-3H3/b23-21+. The van der Waals surface area contributed by atoms with Crippen molar-refractivity contribution >= 4 is 34.7 Å². The Morgan fingerprint density at radius 2 is 1.76 bits per heavy atom. The van der Waals surface area contributed by atoms with E-state index in [4.69, 9.17) is 21.1 Å². The van der Waals surface area contributed by atoms with Crippen LogP contribution < -0.4 is 14.4 Å². The van der Waals surface area contributed by atoms with E-state index in [1.54, 1.807) is 60.9 Å². The summed E-state index contributed by atoms with van der Waals surface area (Å²) in [6.07, 6.45) is 3.14. The molecule has 1 atom stereocenters. The van der Waals surface area contributed by atoms with Gasteiger partial charge in [0.25, 0.3) is 11.7 Å². The number of methoxy groups -OCH3 is 2. The van der Waals surface area contributed by atoms with Crippen LogP contribution in [-0.2, 0) is 9.59 Å². The summed E-state index contributed by atoms with van der Waals surface area (Å²) in [6.45, 7) is 1.81. The number of anilines is 1. The van der Waals surface area contributed by atoms with Crippen LogP contribution in [0.2, 0.25) is 5.02 Å². The fourth-order valence-electron chi connectivity index (χ4n) is 4.00. The van der Waals surface area contributed by atoms with E-state index in [1.807, 2.05) is 6.92 Å². The summed E-state index contributed by atoms with van der Waals surface area (Å²) < 4.78 is 10.8. The van der Waals surface area contributed by atoms with Crippen LogP contribution >= 0.6 is 11.6 Å². The number of nitrogens with zero attached hydrogens (tertiary/aromatic N) is 2. The highest BCUT2D eigenvalue weighted by molar-refractivity contribution is 6.52. The van der Waals surface area contributed by atoms with Gasteiger partial charge in [0, 0.05) is 23.1 Å². The molecule has 1 amide bonds. The normalized spacial score (nSPS) is 17.3. The molecule has 1 unspecified atom stereocenters. The number of aromatic nitrogens is 1. The van der Waals surface area contributed by atoms with E-state index in [9.17, 15) is 14.7 Å². The van der Waals surface area contributed by atoms with Gasteiger partial charge in [0.05, 0.1) is 25.8 Å². The van der Waals surface area contributed by atoms with Gasteiger partial charge in [-0.1, -0.05) is 29.8 Å². The van der Waals surface area contributed by atoms with Crippen LogP contribution in [0.3, 0.4) is 0 Å². The number of halogens is 1. The second-order valence-electron chi connectivity index (χ2n) is 7.42. The van der Waals surface area contributed by atoms with Crippen molar-refractivity contribution in [2.24, 2.45) is 0 Å². The Hall–Kier alpha value is -3.84. The van der Waals surface area contributed by atoms with Gasteiger partial charge in [-0.25, -0.2) is 0 Å². The highest BCUT2D eigenvalue weighted by atomic mass is 35.5. The molecular formula is C25H21ClN2O5. The third-order valence-corrected chi connectivity index (χ3v) is 5.78. The summed E-state index contributed by atoms with van der Waals surface area (Å²) in [6, 6.07) is 12.5. The topological polar surface area (TPSA) is 89.0 Å². The second-order valence-corrected chi connectivity index (χ2v) is 7.86. The van der Waals surface area contributed by atoms with Crippen LogP contribution in [0.5, 0.6) is 11.5 Å². The van der Waals surface area contributed by atoms with E-state index in [0.717, 1.165) is 5.56 Å². The molecule has 1 N–H and O–H groups in total. The number of benzene rings is 2. The van der Waals surface area contributed by atoms with Crippen molar-refractivity contribution in [2.75, 3.05) is 19.1 Å². The Balaban J connectivity index is 2.03. The van der Waals surface area contributed by atoms with Crippen molar-refractivity contribution in [2.45, 2.75) is 13.0 Å². The largest absolute Gasteiger partial charge is 0.506 e. The van der Waals surface area contributed by atoms with Gasteiger partial charge in [-0.15, -0.1) is 0 Å². The first kappa shape index (κ1) is 22.4. The first-order valence-corrected chi connectivity index (χ1v) is 10.4. The van der Waals surface area contributed by atoms with Crippen LogP contribution in [0.1, 0.15) is 22.7 Å². The smallest absolute Gasteiger partial charge is 0.300 e. The minimum Gasteiger partial charge on any atom is -0.506 e. The minimum atomic E-state index is -0.939. The first-order chi connectivity index (χ1) is 15.9. The maximum absolute atomic E-state index is 13.3. The van der Waals surface area contributed by atoms with E-state index in [-0.39, 0.29) is 11.1 Å². The van der Waals surface area contributed by atoms with Crippen molar-refractivity contribution in [1.82, 2.24) is 4.98 Å². The number of aliphatic hydroxyl groups is 1. The highest BCUT2D eigenvalue weighted by Gasteiger charge is 2.48. The van der Waals surface area contributed by atoms with Crippen LogP contribution in [-0.4, -0.2) is 36.0 Å². The molecule has 0 spiro atoms. The molecule has 8 heteroatoms. The van der Waals surface area contributed by atoms with E-state index < -0.39 is 23.5 Å². The number of rotatable bonds is 5. The Morgan fingerprint density at radius 1 is 1.06 bits per heavy atom. The van der Waals surface area contributed by atoms with Crippen LogP contribution in [0.4, 0.5) is 5.69 Å². The molecule has 33 heavy (non-hydrogen) atoms. The number of ether oxygens (including phenoxy) is 2. The van der Waals surface area contributed by atoms with E-state index in [0.29, 0.717) is 27.8 Å². The van der Waals surface area contributed by atoms with E-state index in [1.165, 1.54) is 19.1 Å². The Kier molecular flexibility index (Phi) is 6.07. The molecule has 0 radical (unpaired) electrons. The fraction of sp³-hybridized carbons (Fsp3) is 0.160. The number of ketones is 1. The van der Waals surface area contributed by atoms with Crippen LogP contribution in [0.25, 0.3) is 5.76 Å². The molecule has 0 aliphatic carbocycles. The lowest BCUT2D eigenvalue weighted by molar-refractivity contribution is -0.132. The number of carbonyl (C=O) groups excluding carboxylic acids is 2. The third-order valence-electron chi connectivity index (χ3n) is 5.54. The molecule has 3 aromatic rings. The molecule has 4 rings (SSSR count). The lowest BCUT2D eigenvalue weighted by atomic mass is 9.95. The highest BCUT2D eigenvalue weighted by Crippen LogP contribution is 2.45. The Morgan fingerprint density at radius 3 is 2.36 bits per heavy atom. The summed E-state index contributed by atoms with van der Waals surface area (Å²) >= 11 is 6.22. The Bertz CT molecular complexity index is 1250. The van der Waals surface area contributed by atoms with Crippen molar-refractivity contribution < 1.29 is 24.2 Å². The van der Waals surface area contributed by atoms with Crippen molar-refractivity contribution in [3.63, 3.8) is 0 Å². The van der Waals surface area contributed by atoms with Crippen molar-refractivity contribution in [3.05, 3.63) is 88.2 Å². The summed E-state index contributed by atoms with van der Waals surface area (Å²) in [5.74, 6) is -1.44. The zero-order chi connectivity index (χ0) is 23.7. The number of carbonyl (C=O) groups is 2. The van der Waals surface area contributed by atoms with Crippen LogP contribution in [0, 0.1) is 6.92 Å². The zero-order valence-electron chi connectivity index (χ0n) is 18.2. The molecule has 1 saturated heterocycles. The average Bonchev–Trinajstić information content (AvgIpc) is 3.10. The molecule has 0 bridgehead atoms. The van der Waals surface area contributed by atoms with Crippen molar-refractivity contribution in [3.8, 4) is 11.5 Å². The molecule has 1 aromatic heterocycles. The lowest BCUT2D eigenvalue weighted by Crippen LogP contribution is -2.30. The molecule has 2 heterocycles. The summed E-state index contributed by atoms with van der Waals surface area (Å²) in [7, 11) is 2.89. The third kappa shape index (κ3) is 3.81. The number of amides is 1. The monoisotopic (exact) mass is 464 g/mol. The SMILES string of the molecule is COc1cccc(OC)c1/C(O)=C1\C(=O)C(=O)N(c2cc(Cl)ccc2C)C1c1cccnc1. The lowest BCUT2D eigenvalue weighted by Gasteiger charge is -2.27. The Labute approximate surface area is 195 Å². The zero-order valence-corrected chi connectivity index (χ0v) is 19.0. The summed E-state index contributed by atoms with van der Waals surface area (Å²) in [5.41, 5.74) is 1.83. The van der Waals surface area contributed by atoms with E-state index in [2.05, 4.69) is 4.98 Å². The van der Waals surface area contributed by atoms with Gasteiger partial charge in [-0.05, 0) is 48.4 Å². The predicted molar refractivity (Wildman–Crippen MR) is 125 cm³/mol. The first-order valence-electron chi connectivity index (χ1n) is 10.1. The number of aliphatic hydroxyl groups excluding tert-OH is 1. The number of hydrogen-bond donors (Lipinski definition) is 1.